The third-order valence-electron chi connectivity index (χ3n) is 9.34. The summed E-state index contributed by atoms with van der Waals surface area (Å²) in [4.78, 5) is 11.9. The van der Waals surface area contributed by atoms with Crippen molar-refractivity contribution in [1.29, 1.82) is 0 Å². The Morgan fingerprint density at radius 3 is 2.52 bits per heavy atom. The second-order valence-electron chi connectivity index (χ2n) is 12.0. The Balaban J connectivity index is 1.32. The number of carboxylic acids is 1. The van der Waals surface area contributed by atoms with Crippen molar-refractivity contribution in [2.45, 2.75) is 52.1 Å². The first-order valence-electron chi connectivity index (χ1n) is 14.0. The summed E-state index contributed by atoms with van der Waals surface area (Å²) in [7, 11) is 1.58. The first kappa shape index (κ1) is 26.4. The topological polar surface area (TPSA) is 65.0 Å². The van der Waals surface area contributed by atoms with Crippen LogP contribution in [0.3, 0.4) is 0 Å². The minimum atomic E-state index is -0.754. The van der Waals surface area contributed by atoms with Crippen LogP contribution < -0.4 is 14.2 Å². The van der Waals surface area contributed by atoms with Crippen LogP contribution in [0.4, 0.5) is 4.39 Å². The molecule has 0 unspecified atom stereocenters. The van der Waals surface area contributed by atoms with E-state index < -0.39 is 17.3 Å². The fraction of sp³-hybridized carbons (Fsp3) is 0.382. The quantitative estimate of drug-likeness (QED) is 0.332. The van der Waals surface area contributed by atoms with Crippen molar-refractivity contribution >= 4 is 11.5 Å². The van der Waals surface area contributed by atoms with Crippen LogP contribution in [0.25, 0.3) is 16.7 Å². The molecule has 3 aromatic rings. The van der Waals surface area contributed by atoms with Gasteiger partial charge in [-0.2, -0.15) is 0 Å². The first-order valence-corrected chi connectivity index (χ1v) is 14.0. The fourth-order valence-corrected chi connectivity index (χ4v) is 7.02. The van der Waals surface area contributed by atoms with Crippen molar-refractivity contribution < 1.29 is 28.5 Å². The van der Waals surface area contributed by atoms with Gasteiger partial charge in [-0.05, 0) is 95.3 Å². The second-order valence-corrected chi connectivity index (χ2v) is 12.0. The zero-order chi connectivity index (χ0) is 28.2. The lowest BCUT2D eigenvalue weighted by molar-refractivity contribution is -0.139. The molecule has 1 fully saturated rings. The van der Waals surface area contributed by atoms with Crippen molar-refractivity contribution in [2.75, 3.05) is 13.7 Å². The zero-order valence-corrected chi connectivity index (χ0v) is 23.4. The summed E-state index contributed by atoms with van der Waals surface area (Å²) in [5.41, 5.74) is 5.03. The normalized spacial score (nSPS) is 24.2. The van der Waals surface area contributed by atoms with Crippen molar-refractivity contribution in [3.63, 3.8) is 0 Å². The Morgan fingerprint density at radius 1 is 1.02 bits per heavy atom. The highest BCUT2D eigenvalue weighted by Crippen LogP contribution is 2.65. The third kappa shape index (κ3) is 4.25. The van der Waals surface area contributed by atoms with Crippen LogP contribution in [0.1, 0.15) is 56.7 Å². The molecule has 6 rings (SSSR count). The van der Waals surface area contributed by atoms with Crippen LogP contribution in [0.15, 0.2) is 60.7 Å². The molecule has 40 heavy (non-hydrogen) atoms. The van der Waals surface area contributed by atoms with Gasteiger partial charge in [0.05, 0.1) is 19.6 Å². The lowest BCUT2D eigenvalue weighted by Gasteiger charge is -2.28. The van der Waals surface area contributed by atoms with Crippen LogP contribution in [0.2, 0.25) is 0 Å². The highest BCUT2D eigenvalue weighted by atomic mass is 19.1. The molecule has 6 heteroatoms. The van der Waals surface area contributed by atoms with Gasteiger partial charge in [0.1, 0.15) is 29.7 Å². The maximum atomic E-state index is 15.1. The maximum Gasteiger partial charge on any atom is 0.307 e. The number of hydrogen-bond acceptors (Lipinski definition) is 4. The fourth-order valence-electron chi connectivity index (χ4n) is 7.02. The molecular weight excluding hydrogens is 507 g/mol. The van der Waals surface area contributed by atoms with Crippen LogP contribution in [-0.2, 0) is 16.8 Å². The van der Waals surface area contributed by atoms with Crippen LogP contribution >= 0.6 is 0 Å². The second kappa shape index (κ2) is 9.69. The number of allylic oxidation sites excluding steroid dienone is 2. The average molecular weight is 543 g/mol. The number of aliphatic carboxylic acids is 1. The molecule has 0 bridgehead atoms. The Morgan fingerprint density at radius 2 is 1.82 bits per heavy atom. The Bertz CT molecular complexity index is 1520. The smallest absolute Gasteiger partial charge is 0.307 e. The van der Waals surface area contributed by atoms with E-state index in [1.807, 2.05) is 37.3 Å². The van der Waals surface area contributed by atoms with E-state index in [-0.39, 0.29) is 17.2 Å². The van der Waals surface area contributed by atoms with E-state index in [0.717, 1.165) is 40.8 Å². The van der Waals surface area contributed by atoms with Crippen molar-refractivity contribution in [2.24, 2.45) is 17.3 Å². The molecular formula is C34H35FO5. The zero-order valence-electron chi connectivity index (χ0n) is 23.4. The molecule has 0 saturated heterocycles. The Hall–Kier alpha value is -3.80. The molecule has 208 valence electrons. The predicted molar refractivity (Wildman–Crippen MR) is 152 cm³/mol. The minimum Gasteiger partial charge on any atom is -0.497 e. The van der Waals surface area contributed by atoms with Crippen LogP contribution in [-0.4, -0.2) is 24.8 Å². The van der Waals surface area contributed by atoms with Gasteiger partial charge in [0.2, 0.25) is 0 Å². The first-order chi connectivity index (χ1) is 19.2. The summed E-state index contributed by atoms with van der Waals surface area (Å²) in [5.74, 6) is 0.642. The molecule has 1 aliphatic heterocycles. The summed E-state index contributed by atoms with van der Waals surface area (Å²) in [6, 6.07) is 16.6. The molecule has 0 amide bonds. The van der Waals surface area contributed by atoms with Crippen LogP contribution in [0, 0.1) is 23.1 Å². The summed E-state index contributed by atoms with van der Waals surface area (Å²) in [5, 5.41) is 9.78. The molecule has 1 heterocycles. The lowest BCUT2D eigenvalue weighted by atomic mass is 9.79. The van der Waals surface area contributed by atoms with Crippen molar-refractivity contribution in [1.82, 2.24) is 0 Å². The van der Waals surface area contributed by atoms with Gasteiger partial charge in [-0.15, -0.1) is 0 Å². The van der Waals surface area contributed by atoms with E-state index in [9.17, 15) is 9.90 Å². The van der Waals surface area contributed by atoms with Gasteiger partial charge >= 0.3 is 5.97 Å². The summed E-state index contributed by atoms with van der Waals surface area (Å²) < 4.78 is 32.6. The number of carboxylic acid groups (broad SMARTS) is 1. The number of fused-ring (bicyclic) bond motifs is 2. The third-order valence-corrected chi connectivity index (χ3v) is 9.34. The number of hydrogen-bond donors (Lipinski definition) is 1. The van der Waals surface area contributed by atoms with Gasteiger partial charge in [0, 0.05) is 16.5 Å². The molecule has 0 radical (unpaired) electrons. The molecule has 3 aromatic carbocycles. The number of carbonyl (C=O) groups is 1. The Kier molecular flexibility index (Phi) is 6.40. The molecule has 3 atom stereocenters. The van der Waals surface area contributed by atoms with E-state index in [2.05, 4.69) is 26.0 Å². The summed E-state index contributed by atoms with van der Waals surface area (Å²) >= 11 is 0. The molecule has 0 aromatic heterocycles. The number of methoxy groups -OCH3 is 1. The van der Waals surface area contributed by atoms with Crippen molar-refractivity contribution in [3.8, 4) is 28.4 Å². The van der Waals surface area contributed by atoms with E-state index in [4.69, 9.17) is 14.2 Å². The molecule has 5 nitrogen and oxygen atoms in total. The van der Waals surface area contributed by atoms with Gasteiger partial charge in [-0.3, -0.25) is 4.79 Å². The van der Waals surface area contributed by atoms with E-state index in [1.165, 1.54) is 11.6 Å². The molecule has 3 aliphatic rings. The minimum absolute atomic E-state index is 0.0297. The van der Waals surface area contributed by atoms with E-state index >= 15 is 4.39 Å². The van der Waals surface area contributed by atoms with Crippen molar-refractivity contribution in [3.05, 3.63) is 83.2 Å². The van der Waals surface area contributed by atoms with Gasteiger partial charge in [0.15, 0.2) is 0 Å². The highest BCUT2D eigenvalue weighted by molar-refractivity contribution is 5.85. The van der Waals surface area contributed by atoms with Gasteiger partial charge in [-0.25, -0.2) is 4.39 Å². The largest absolute Gasteiger partial charge is 0.497 e. The number of rotatable bonds is 7. The van der Waals surface area contributed by atoms with Gasteiger partial charge in [-0.1, -0.05) is 39.0 Å². The SMILES string of the molecule is COc1ccc(F)c(-c2ccc(COc3ccc4c(c3)[C@]3(CCO4)[C@@H](C)[C@@H]3C(=O)O)cc2C2=CCCC2(C)C)c1. The number of benzene rings is 3. The van der Waals surface area contributed by atoms with E-state index in [1.54, 1.807) is 19.2 Å². The average Bonchev–Trinajstić information content (AvgIpc) is 3.35. The van der Waals surface area contributed by atoms with Crippen LogP contribution in [0.5, 0.6) is 17.2 Å². The lowest BCUT2D eigenvalue weighted by Crippen LogP contribution is -2.24. The summed E-state index contributed by atoms with van der Waals surface area (Å²) in [6.45, 7) is 7.32. The maximum absolute atomic E-state index is 15.1. The highest BCUT2D eigenvalue weighted by Gasteiger charge is 2.68. The van der Waals surface area contributed by atoms with Gasteiger partial charge < -0.3 is 19.3 Å². The standard InChI is InChI=1S/C34H35FO5/c1-20-31(32(36)37)34(20)14-15-39-30-12-9-23(18-28(30)34)40-19-21-7-10-24(26-17-22(38-4)8-11-29(26)35)25(16-21)27-6-5-13-33(27,2)3/h6-12,16-18,20,31H,5,13-15,19H2,1-4H3,(H,36,37)/t20-,31+,34-/m0/s1. The molecule has 1 saturated carbocycles. The number of ether oxygens (including phenoxy) is 3. The molecule has 1 N–H and O–H groups in total. The molecule has 1 spiro atoms. The monoisotopic (exact) mass is 542 g/mol. The molecule has 2 aliphatic carbocycles. The number of halogens is 1. The van der Waals surface area contributed by atoms with E-state index in [0.29, 0.717) is 36.7 Å². The van der Waals surface area contributed by atoms with Gasteiger partial charge in [0.25, 0.3) is 0 Å². The Labute approximate surface area is 234 Å². The summed E-state index contributed by atoms with van der Waals surface area (Å²) in [6.07, 6.45) is 4.98. The predicted octanol–water partition coefficient (Wildman–Crippen LogP) is 7.65.